The van der Waals surface area contributed by atoms with Gasteiger partial charge in [0.2, 0.25) is 5.69 Å². The number of aromatic nitrogens is 1. The highest BCUT2D eigenvalue weighted by molar-refractivity contribution is 5.28. The van der Waals surface area contributed by atoms with Gasteiger partial charge in [-0.2, -0.15) is 4.39 Å². The molecule has 0 spiro atoms. The summed E-state index contributed by atoms with van der Waals surface area (Å²) in [7, 11) is 0. The third kappa shape index (κ3) is 1.31. The van der Waals surface area contributed by atoms with Gasteiger partial charge in [-0.1, -0.05) is 0 Å². The highest BCUT2D eigenvalue weighted by atomic mass is 19.1. The fourth-order valence-electron chi connectivity index (χ4n) is 0.748. The van der Waals surface area contributed by atoms with E-state index in [1.54, 1.807) is 0 Å². The molecule has 0 unspecified atom stereocenters. The number of pyridine rings is 1. The van der Waals surface area contributed by atoms with Crippen molar-refractivity contribution in [1.29, 1.82) is 0 Å². The van der Waals surface area contributed by atoms with Crippen molar-refractivity contribution in [3.8, 4) is 0 Å². The fourth-order valence-corrected chi connectivity index (χ4v) is 0.748. The monoisotopic (exact) mass is 173 g/mol. The first-order valence-electron chi connectivity index (χ1n) is 3.08. The number of hydrogen-bond donors (Lipinski definition) is 1. The second-order valence-electron chi connectivity index (χ2n) is 2.25. The van der Waals surface area contributed by atoms with Crippen LogP contribution in [0.5, 0.6) is 0 Å². The lowest BCUT2D eigenvalue weighted by atomic mass is 10.3. The van der Waals surface area contributed by atoms with Crippen molar-refractivity contribution in [3.63, 3.8) is 0 Å². The highest BCUT2D eigenvalue weighted by Gasteiger charge is 2.21. The minimum absolute atomic E-state index is 0.197. The van der Waals surface area contributed by atoms with Gasteiger partial charge in [0.25, 0.3) is 12.0 Å². The average molecular weight is 173 g/mol. The summed E-state index contributed by atoms with van der Waals surface area (Å²) in [4.78, 5) is 9.32. The van der Waals surface area contributed by atoms with Crippen molar-refractivity contribution in [3.05, 3.63) is 33.9 Å². The predicted molar refractivity (Wildman–Crippen MR) is 35.2 cm³/mol. The van der Waals surface area contributed by atoms with Crippen LogP contribution in [-0.4, -0.2) is 10.1 Å². The first kappa shape index (κ1) is 8.38. The summed E-state index contributed by atoms with van der Waals surface area (Å²) in [6.45, 7) is 1.42. The molecule has 0 aliphatic heterocycles. The molecular formula is C6H6FN2O3+. The molecule has 12 heavy (non-hydrogen) atoms. The summed E-state index contributed by atoms with van der Waals surface area (Å²) in [6, 6.07) is 0.954. The molecule has 1 heterocycles. The van der Waals surface area contributed by atoms with Gasteiger partial charge in [0.1, 0.15) is 0 Å². The average Bonchev–Trinajstić information content (AvgIpc) is 1.96. The molecule has 1 aromatic heterocycles. The molecule has 0 atom stereocenters. The van der Waals surface area contributed by atoms with E-state index >= 15 is 0 Å². The molecule has 0 amide bonds. The second kappa shape index (κ2) is 2.72. The summed E-state index contributed by atoms with van der Waals surface area (Å²) in [5, 5.41) is 19.0. The molecule has 6 heteroatoms. The van der Waals surface area contributed by atoms with Gasteiger partial charge in [0.15, 0.2) is 0 Å². The van der Waals surface area contributed by atoms with Gasteiger partial charge in [-0.3, -0.25) is 15.3 Å². The van der Waals surface area contributed by atoms with Crippen LogP contribution in [0.2, 0.25) is 0 Å². The number of nitrogens with zero attached hydrogens (tertiary/aromatic N) is 2. The third-order valence-corrected chi connectivity index (χ3v) is 1.38. The molecule has 0 radical (unpaired) electrons. The second-order valence-corrected chi connectivity index (χ2v) is 2.25. The van der Waals surface area contributed by atoms with E-state index in [1.807, 2.05) is 0 Å². The molecule has 5 nitrogen and oxygen atoms in total. The van der Waals surface area contributed by atoms with Crippen molar-refractivity contribution in [1.82, 2.24) is 0 Å². The van der Waals surface area contributed by atoms with E-state index < -0.39 is 16.4 Å². The molecule has 0 aromatic carbocycles. The van der Waals surface area contributed by atoms with Crippen molar-refractivity contribution in [2.24, 2.45) is 0 Å². The molecule has 0 saturated carbocycles. The van der Waals surface area contributed by atoms with E-state index in [2.05, 4.69) is 0 Å². The van der Waals surface area contributed by atoms with Crippen LogP contribution in [0.1, 0.15) is 5.69 Å². The van der Waals surface area contributed by atoms with Gasteiger partial charge < -0.3 is 0 Å². The quantitative estimate of drug-likeness (QED) is 0.292. The molecule has 1 rings (SSSR count). The largest absolute Gasteiger partial charge is 0.317 e. The Morgan fingerprint density at radius 2 is 2.33 bits per heavy atom. The standard InChI is InChI=1S/C6H6FN2O3/c1-4-2-6(9(11)12)5(7)3-8(4)10/h2-3,10H,1H3/q+1. The molecule has 0 aliphatic carbocycles. The summed E-state index contributed by atoms with van der Waals surface area (Å²) in [5.41, 5.74) is -0.444. The van der Waals surface area contributed by atoms with Crippen LogP contribution in [0, 0.1) is 22.9 Å². The Morgan fingerprint density at radius 3 is 2.83 bits per heavy atom. The Hall–Kier alpha value is -1.72. The van der Waals surface area contributed by atoms with Crippen molar-refractivity contribution < 1.29 is 19.3 Å². The van der Waals surface area contributed by atoms with Gasteiger partial charge in [-0.25, -0.2) is 0 Å². The minimum Gasteiger partial charge on any atom is -0.285 e. The van der Waals surface area contributed by atoms with Crippen molar-refractivity contribution >= 4 is 5.69 Å². The molecule has 1 aromatic rings. The number of hydrogen-bond acceptors (Lipinski definition) is 3. The molecular weight excluding hydrogens is 167 g/mol. The summed E-state index contributed by atoms with van der Waals surface area (Å²) in [6.07, 6.45) is 0.646. The maximum atomic E-state index is 12.7. The van der Waals surface area contributed by atoms with Gasteiger partial charge >= 0.3 is 5.69 Å². The number of rotatable bonds is 1. The predicted octanol–water partition coefficient (Wildman–Crippen LogP) is 0.567. The fraction of sp³-hybridized carbons (Fsp3) is 0.167. The van der Waals surface area contributed by atoms with Crippen LogP contribution >= 0.6 is 0 Å². The Balaban J connectivity index is 3.33. The van der Waals surface area contributed by atoms with Gasteiger partial charge in [-0.15, -0.1) is 0 Å². The van der Waals surface area contributed by atoms with E-state index in [0.717, 1.165) is 6.07 Å². The first-order chi connectivity index (χ1) is 5.52. The Labute approximate surface area is 66.8 Å². The van der Waals surface area contributed by atoms with E-state index in [4.69, 9.17) is 5.21 Å². The van der Waals surface area contributed by atoms with E-state index in [0.29, 0.717) is 10.9 Å². The maximum Gasteiger partial charge on any atom is 0.317 e. The molecule has 1 N–H and O–H groups in total. The topological polar surface area (TPSA) is 67.2 Å². The molecule has 0 aliphatic rings. The number of halogens is 1. The summed E-state index contributed by atoms with van der Waals surface area (Å²) >= 11 is 0. The highest BCUT2D eigenvalue weighted by Crippen LogP contribution is 2.14. The van der Waals surface area contributed by atoms with Gasteiger partial charge in [-0.05, 0) is 0 Å². The summed E-state index contributed by atoms with van der Waals surface area (Å²) in [5.74, 6) is -1.06. The zero-order valence-corrected chi connectivity index (χ0v) is 6.19. The lowest BCUT2D eigenvalue weighted by Crippen LogP contribution is -2.33. The zero-order valence-electron chi connectivity index (χ0n) is 6.19. The zero-order chi connectivity index (χ0) is 9.30. The van der Waals surface area contributed by atoms with Crippen LogP contribution in [0.25, 0.3) is 0 Å². The molecule has 64 valence electrons. The molecule has 0 bridgehead atoms. The normalized spacial score (nSPS) is 9.83. The lowest BCUT2D eigenvalue weighted by molar-refractivity contribution is -0.909. The maximum absolute atomic E-state index is 12.7. The number of nitro groups is 1. The Kier molecular flexibility index (Phi) is 1.90. The van der Waals surface area contributed by atoms with E-state index in [9.17, 15) is 14.5 Å². The Bertz CT molecular complexity index is 340. The Morgan fingerprint density at radius 1 is 1.75 bits per heavy atom. The van der Waals surface area contributed by atoms with E-state index in [-0.39, 0.29) is 5.69 Å². The van der Waals surface area contributed by atoms with Crippen LogP contribution < -0.4 is 4.73 Å². The van der Waals surface area contributed by atoms with Gasteiger partial charge in [0.05, 0.1) is 11.0 Å². The van der Waals surface area contributed by atoms with E-state index in [1.165, 1.54) is 6.92 Å². The van der Waals surface area contributed by atoms with Crippen LogP contribution in [0.4, 0.5) is 10.1 Å². The van der Waals surface area contributed by atoms with Crippen molar-refractivity contribution in [2.75, 3.05) is 0 Å². The minimum atomic E-state index is -1.06. The van der Waals surface area contributed by atoms with Crippen molar-refractivity contribution in [2.45, 2.75) is 6.92 Å². The number of aryl methyl sites for hydroxylation is 1. The van der Waals surface area contributed by atoms with Crippen LogP contribution in [0.3, 0.4) is 0 Å². The summed E-state index contributed by atoms with van der Waals surface area (Å²) < 4.78 is 13.1. The van der Waals surface area contributed by atoms with Crippen LogP contribution in [0.15, 0.2) is 12.3 Å². The molecule has 0 saturated heterocycles. The lowest BCUT2D eigenvalue weighted by Gasteiger charge is -1.92. The third-order valence-electron chi connectivity index (χ3n) is 1.38. The van der Waals surface area contributed by atoms with Gasteiger partial charge in [0, 0.05) is 11.7 Å². The smallest absolute Gasteiger partial charge is 0.285 e. The molecule has 0 fully saturated rings. The first-order valence-corrected chi connectivity index (χ1v) is 3.08. The van der Waals surface area contributed by atoms with Crippen LogP contribution in [-0.2, 0) is 0 Å². The SMILES string of the molecule is Cc1cc([N+](=O)[O-])c(F)c[n+]1O.